The van der Waals surface area contributed by atoms with Gasteiger partial charge in [0.05, 0.1) is 5.41 Å². The second kappa shape index (κ2) is 5.51. The molecule has 0 aliphatic carbocycles. The summed E-state index contributed by atoms with van der Waals surface area (Å²) in [5.41, 5.74) is 1.77. The Labute approximate surface area is 119 Å². The van der Waals surface area contributed by atoms with Crippen LogP contribution in [-0.4, -0.2) is 29.1 Å². The number of carboxylic acids is 1. The van der Waals surface area contributed by atoms with E-state index in [-0.39, 0.29) is 0 Å². The van der Waals surface area contributed by atoms with Gasteiger partial charge in [-0.15, -0.1) is 0 Å². The minimum absolute atomic E-state index is 0.594. The summed E-state index contributed by atoms with van der Waals surface area (Å²) in [5.74, 6) is -0.704. The molecule has 1 saturated heterocycles. The summed E-state index contributed by atoms with van der Waals surface area (Å²) < 4.78 is 0. The van der Waals surface area contributed by atoms with Crippen LogP contribution in [0.4, 0.5) is 0 Å². The summed E-state index contributed by atoms with van der Waals surface area (Å²) in [6.45, 7) is 6.09. The lowest BCUT2D eigenvalue weighted by molar-refractivity contribution is -0.147. The molecule has 1 aromatic rings. The molecule has 1 heterocycles. The minimum Gasteiger partial charge on any atom is -0.481 e. The number of hydrogen-bond donors (Lipinski definition) is 1. The maximum atomic E-state index is 11.3. The molecule has 19 heavy (non-hydrogen) atoms. The fourth-order valence-electron chi connectivity index (χ4n) is 2.70. The topological polar surface area (TPSA) is 40.5 Å². The highest BCUT2D eigenvalue weighted by atomic mass is 35.5. The number of benzene rings is 1. The molecule has 1 aromatic carbocycles. The van der Waals surface area contributed by atoms with Crippen LogP contribution in [0.3, 0.4) is 0 Å². The molecular formula is C15H20ClNO2. The summed E-state index contributed by atoms with van der Waals surface area (Å²) in [6.07, 6.45) is 1.65. The second-order valence-electron chi connectivity index (χ2n) is 5.56. The first-order valence-electron chi connectivity index (χ1n) is 6.68. The van der Waals surface area contributed by atoms with Gasteiger partial charge in [0.1, 0.15) is 0 Å². The molecule has 1 aliphatic rings. The molecule has 0 aromatic heterocycles. The molecule has 0 spiro atoms. The van der Waals surface area contributed by atoms with Crippen LogP contribution < -0.4 is 0 Å². The smallest absolute Gasteiger partial charge is 0.310 e. The molecule has 1 N–H and O–H groups in total. The fraction of sp³-hybridized carbons (Fsp3) is 0.533. The Balaban J connectivity index is 2.14. The van der Waals surface area contributed by atoms with Gasteiger partial charge in [0.15, 0.2) is 0 Å². The van der Waals surface area contributed by atoms with E-state index in [1.54, 1.807) is 0 Å². The molecule has 0 saturated carbocycles. The third-order valence-electron chi connectivity index (χ3n) is 4.05. The zero-order valence-corrected chi connectivity index (χ0v) is 12.2. The Morgan fingerprint density at radius 2 is 2.26 bits per heavy atom. The molecule has 2 rings (SSSR count). The number of nitrogens with zero attached hydrogens (tertiary/aromatic N) is 1. The lowest BCUT2D eigenvalue weighted by Crippen LogP contribution is -2.31. The number of rotatable bonds is 4. The third-order valence-corrected chi connectivity index (χ3v) is 4.40. The van der Waals surface area contributed by atoms with Crippen molar-refractivity contribution < 1.29 is 9.90 Å². The van der Waals surface area contributed by atoms with Crippen LogP contribution >= 0.6 is 11.6 Å². The largest absolute Gasteiger partial charge is 0.481 e. The van der Waals surface area contributed by atoms with Crippen LogP contribution in [-0.2, 0) is 17.8 Å². The quantitative estimate of drug-likeness (QED) is 0.921. The molecule has 0 amide bonds. The first-order chi connectivity index (χ1) is 8.96. The van der Waals surface area contributed by atoms with Crippen LogP contribution in [0.5, 0.6) is 0 Å². The minimum atomic E-state index is -0.704. The van der Waals surface area contributed by atoms with E-state index in [4.69, 9.17) is 11.6 Å². The zero-order valence-electron chi connectivity index (χ0n) is 11.4. The van der Waals surface area contributed by atoms with Gasteiger partial charge in [-0.2, -0.15) is 0 Å². The average Bonchev–Trinajstić information content (AvgIpc) is 2.75. The molecule has 104 valence electrons. The van der Waals surface area contributed by atoms with Crippen LogP contribution in [0.1, 0.15) is 31.4 Å². The van der Waals surface area contributed by atoms with Gasteiger partial charge < -0.3 is 5.11 Å². The molecular weight excluding hydrogens is 262 g/mol. The van der Waals surface area contributed by atoms with Gasteiger partial charge >= 0.3 is 5.97 Å². The van der Waals surface area contributed by atoms with Crippen molar-refractivity contribution in [1.29, 1.82) is 0 Å². The molecule has 1 aliphatic heterocycles. The summed E-state index contributed by atoms with van der Waals surface area (Å²) in [4.78, 5) is 13.4. The highest BCUT2D eigenvalue weighted by molar-refractivity contribution is 6.31. The Hall–Kier alpha value is -1.06. The van der Waals surface area contributed by atoms with Crippen molar-refractivity contribution >= 4 is 17.6 Å². The number of aryl methyl sites for hydroxylation is 1. The van der Waals surface area contributed by atoms with E-state index < -0.39 is 11.4 Å². The summed E-state index contributed by atoms with van der Waals surface area (Å²) in [5, 5.41) is 10.0. The summed E-state index contributed by atoms with van der Waals surface area (Å²) in [7, 11) is 0. The van der Waals surface area contributed by atoms with E-state index in [1.165, 1.54) is 5.56 Å². The van der Waals surface area contributed by atoms with Crippen molar-refractivity contribution in [1.82, 2.24) is 4.90 Å². The normalized spacial score (nSPS) is 23.7. The van der Waals surface area contributed by atoms with Gasteiger partial charge in [-0.25, -0.2) is 0 Å². The van der Waals surface area contributed by atoms with Crippen LogP contribution in [0.2, 0.25) is 5.02 Å². The molecule has 1 unspecified atom stereocenters. The number of halogens is 1. The Morgan fingerprint density at radius 3 is 2.84 bits per heavy atom. The van der Waals surface area contributed by atoms with E-state index in [0.717, 1.165) is 30.1 Å². The number of carboxylic acid groups (broad SMARTS) is 1. The fourth-order valence-corrected chi connectivity index (χ4v) is 2.96. The lowest BCUT2D eigenvalue weighted by Gasteiger charge is -2.21. The summed E-state index contributed by atoms with van der Waals surface area (Å²) >= 11 is 6.28. The van der Waals surface area contributed by atoms with E-state index >= 15 is 0 Å². The summed E-state index contributed by atoms with van der Waals surface area (Å²) in [6, 6.07) is 5.96. The van der Waals surface area contributed by atoms with Crippen molar-refractivity contribution in [2.24, 2.45) is 5.41 Å². The van der Waals surface area contributed by atoms with Crippen molar-refractivity contribution in [3.05, 3.63) is 34.3 Å². The third kappa shape index (κ3) is 2.93. The molecule has 1 fully saturated rings. The monoisotopic (exact) mass is 281 g/mol. The highest BCUT2D eigenvalue weighted by Crippen LogP contribution is 2.32. The van der Waals surface area contributed by atoms with Crippen LogP contribution in [0, 0.1) is 5.41 Å². The predicted octanol–water partition coefficient (Wildman–Crippen LogP) is 3.20. The van der Waals surface area contributed by atoms with Gasteiger partial charge in [-0.1, -0.05) is 30.7 Å². The zero-order chi connectivity index (χ0) is 14.0. The van der Waals surface area contributed by atoms with Crippen LogP contribution in [0.25, 0.3) is 0 Å². The number of aliphatic carboxylic acids is 1. The highest BCUT2D eigenvalue weighted by Gasteiger charge is 2.40. The predicted molar refractivity (Wildman–Crippen MR) is 76.5 cm³/mol. The first kappa shape index (κ1) is 14.4. The lowest BCUT2D eigenvalue weighted by atomic mass is 9.90. The van der Waals surface area contributed by atoms with E-state index in [0.29, 0.717) is 13.0 Å². The molecule has 1 atom stereocenters. The van der Waals surface area contributed by atoms with E-state index in [9.17, 15) is 9.90 Å². The Kier molecular flexibility index (Phi) is 4.16. The Morgan fingerprint density at radius 1 is 1.53 bits per heavy atom. The maximum absolute atomic E-state index is 11.3. The molecule has 0 radical (unpaired) electrons. The number of carbonyl (C=O) groups is 1. The average molecular weight is 282 g/mol. The molecule has 4 heteroatoms. The maximum Gasteiger partial charge on any atom is 0.310 e. The van der Waals surface area contributed by atoms with Gasteiger partial charge in [-0.05, 0) is 43.5 Å². The standard InChI is InChI=1S/C15H20ClNO2/c1-3-11-5-4-6-13(16)12(11)9-17-8-7-15(2,10-17)14(18)19/h4-6H,3,7-10H2,1-2H3,(H,18,19). The molecule has 3 nitrogen and oxygen atoms in total. The number of likely N-dealkylation sites (tertiary alicyclic amines) is 1. The second-order valence-corrected chi connectivity index (χ2v) is 5.96. The van der Waals surface area contributed by atoms with Gasteiger partial charge in [0, 0.05) is 18.1 Å². The van der Waals surface area contributed by atoms with Gasteiger partial charge in [-0.3, -0.25) is 9.69 Å². The number of hydrogen-bond acceptors (Lipinski definition) is 2. The van der Waals surface area contributed by atoms with Gasteiger partial charge in [0.2, 0.25) is 0 Å². The van der Waals surface area contributed by atoms with Gasteiger partial charge in [0.25, 0.3) is 0 Å². The Bertz CT molecular complexity index is 489. The van der Waals surface area contributed by atoms with Crippen molar-refractivity contribution in [3.63, 3.8) is 0 Å². The van der Waals surface area contributed by atoms with Crippen LogP contribution in [0.15, 0.2) is 18.2 Å². The first-order valence-corrected chi connectivity index (χ1v) is 7.06. The van der Waals surface area contributed by atoms with E-state index in [1.807, 2.05) is 19.1 Å². The molecule has 0 bridgehead atoms. The van der Waals surface area contributed by atoms with Crippen molar-refractivity contribution in [2.75, 3.05) is 13.1 Å². The van der Waals surface area contributed by atoms with E-state index in [2.05, 4.69) is 17.9 Å². The SMILES string of the molecule is CCc1cccc(Cl)c1CN1CCC(C)(C(=O)O)C1. The van der Waals surface area contributed by atoms with Crippen molar-refractivity contribution in [3.8, 4) is 0 Å². The van der Waals surface area contributed by atoms with Crippen molar-refractivity contribution in [2.45, 2.75) is 33.2 Å².